The Morgan fingerprint density at radius 2 is 1.79 bits per heavy atom. The molecule has 1 amide bonds. The first-order valence-electron chi connectivity index (χ1n) is 11.4. The summed E-state index contributed by atoms with van der Waals surface area (Å²) in [5.74, 6) is -1.01. The molecule has 1 saturated heterocycles. The Balaban J connectivity index is 1.75. The Hall–Kier alpha value is -2.59. The fourth-order valence-electron chi connectivity index (χ4n) is 3.65. The van der Waals surface area contributed by atoms with Crippen molar-refractivity contribution >= 4 is 36.7 Å². The lowest BCUT2D eigenvalue weighted by atomic mass is 10.1. The first-order valence-corrected chi connectivity index (χ1v) is 15.1. The number of carboxylic acids is 1. The number of piperazine rings is 1. The average molecular weight is 477 g/mol. The summed E-state index contributed by atoms with van der Waals surface area (Å²) in [7, 11) is -1.19. The molecule has 0 aliphatic carbocycles. The number of carboxylic acid groups (broad SMARTS) is 1. The third kappa shape index (κ3) is 6.70. The smallest absolute Gasteiger partial charge is 0.410 e. The lowest BCUT2D eigenvalue weighted by Gasteiger charge is -2.37. The van der Waals surface area contributed by atoms with E-state index in [2.05, 4.69) is 29.6 Å². The van der Waals surface area contributed by atoms with Crippen LogP contribution in [-0.4, -0.2) is 78.3 Å². The summed E-state index contributed by atoms with van der Waals surface area (Å²) >= 11 is 0. The number of hydrogen-bond acceptors (Lipinski definition) is 6. The SMILES string of the molecule is CC(C)(C)OC(=O)N1CCN(c2ccc(C(=O)O)c3nn(COCC[Si](C)(C)C)cc23)CC1. The predicted molar refractivity (Wildman–Crippen MR) is 131 cm³/mol. The Bertz CT molecular complexity index is 1000. The fourth-order valence-corrected chi connectivity index (χ4v) is 4.40. The Labute approximate surface area is 196 Å². The standard InChI is InChI=1S/C23H36N4O5Si/c1-23(2,3)32-22(30)26-11-9-25(10-12-26)19-8-7-17(21(28)29)20-18(19)15-27(24-20)16-31-13-14-33(4,5)6/h7-8,15H,9-14,16H2,1-6H3,(H,28,29). The summed E-state index contributed by atoms with van der Waals surface area (Å²) in [5, 5.41) is 14.9. The second kappa shape index (κ2) is 9.72. The van der Waals surface area contributed by atoms with Crippen LogP contribution >= 0.6 is 0 Å². The first-order chi connectivity index (χ1) is 15.3. The number of nitrogens with zero attached hydrogens (tertiary/aromatic N) is 4. The molecule has 33 heavy (non-hydrogen) atoms. The van der Waals surface area contributed by atoms with Gasteiger partial charge in [-0.1, -0.05) is 19.6 Å². The van der Waals surface area contributed by atoms with Crippen LogP contribution in [0.4, 0.5) is 10.5 Å². The van der Waals surface area contributed by atoms with Crippen molar-refractivity contribution < 1.29 is 24.2 Å². The van der Waals surface area contributed by atoms with Crippen LogP contribution < -0.4 is 4.90 Å². The number of anilines is 1. The zero-order valence-electron chi connectivity index (χ0n) is 20.6. The summed E-state index contributed by atoms with van der Waals surface area (Å²) in [6, 6.07) is 4.48. The van der Waals surface area contributed by atoms with Crippen LogP contribution in [0.5, 0.6) is 0 Å². The number of amides is 1. The predicted octanol–water partition coefficient (Wildman–Crippen LogP) is 4.10. The van der Waals surface area contributed by atoms with Gasteiger partial charge in [0.2, 0.25) is 0 Å². The van der Waals surface area contributed by atoms with Gasteiger partial charge in [0.05, 0.1) is 5.56 Å². The van der Waals surface area contributed by atoms with Crippen LogP contribution in [-0.2, 0) is 16.2 Å². The van der Waals surface area contributed by atoms with E-state index in [1.54, 1.807) is 15.6 Å². The van der Waals surface area contributed by atoms with E-state index in [4.69, 9.17) is 9.47 Å². The van der Waals surface area contributed by atoms with E-state index >= 15 is 0 Å². The minimum Gasteiger partial charge on any atom is -0.478 e. The molecule has 9 nitrogen and oxygen atoms in total. The van der Waals surface area contributed by atoms with Crippen LogP contribution in [0.1, 0.15) is 31.1 Å². The third-order valence-electron chi connectivity index (χ3n) is 5.42. The van der Waals surface area contributed by atoms with Crippen LogP contribution in [0.2, 0.25) is 25.7 Å². The van der Waals surface area contributed by atoms with Gasteiger partial charge in [-0.3, -0.25) is 0 Å². The minimum absolute atomic E-state index is 0.169. The van der Waals surface area contributed by atoms with Gasteiger partial charge in [-0.25, -0.2) is 14.3 Å². The Morgan fingerprint density at radius 1 is 1.12 bits per heavy atom. The summed E-state index contributed by atoms with van der Waals surface area (Å²) in [6.45, 7) is 15.7. The second-order valence-corrected chi connectivity index (χ2v) is 16.3. The number of carbonyl (C=O) groups is 2. The van der Waals surface area contributed by atoms with Crippen molar-refractivity contribution in [2.24, 2.45) is 0 Å². The highest BCUT2D eigenvalue weighted by Crippen LogP contribution is 2.30. The number of carbonyl (C=O) groups excluding carboxylic acids is 1. The molecule has 0 spiro atoms. The van der Waals surface area contributed by atoms with E-state index in [1.807, 2.05) is 33.0 Å². The molecule has 0 saturated carbocycles. The normalized spacial score (nSPS) is 15.2. The highest BCUT2D eigenvalue weighted by Gasteiger charge is 2.27. The maximum Gasteiger partial charge on any atom is 0.410 e. The molecule has 3 rings (SSSR count). The van der Waals surface area contributed by atoms with Crippen molar-refractivity contribution in [3.63, 3.8) is 0 Å². The average Bonchev–Trinajstić information content (AvgIpc) is 3.12. The van der Waals surface area contributed by atoms with Gasteiger partial charge in [-0.05, 0) is 38.9 Å². The first kappa shape index (κ1) is 25.0. The molecule has 2 aromatic rings. The van der Waals surface area contributed by atoms with Gasteiger partial charge in [0.15, 0.2) is 0 Å². The van der Waals surface area contributed by atoms with Crippen molar-refractivity contribution in [1.82, 2.24) is 14.7 Å². The van der Waals surface area contributed by atoms with Crippen molar-refractivity contribution in [2.75, 3.05) is 37.7 Å². The second-order valence-electron chi connectivity index (χ2n) is 10.7. The van der Waals surface area contributed by atoms with Gasteiger partial charge >= 0.3 is 12.1 Å². The van der Waals surface area contributed by atoms with E-state index < -0.39 is 19.6 Å². The van der Waals surface area contributed by atoms with Crippen LogP contribution in [0.3, 0.4) is 0 Å². The molecule has 1 aromatic carbocycles. The maximum absolute atomic E-state index is 12.4. The zero-order chi connectivity index (χ0) is 24.4. The number of benzene rings is 1. The summed E-state index contributed by atoms with van der Waals surface area (Å²) < 4.78 is 13.0. The van der Waals surface area contributed by atoms with Gasteiger partial charge in [-0.2, -0.15) is 5.10 Å². The van der Waals surface area contributed by atoms with Gasteiger partial charge in [0.1, 0.15) is 17.8 Å². The molecule has 1 fully saturated rings. The van der Waals surface area contributed by atoms with Gasteiger partial charge in [0, 0.05) is 58.1 Å². The largest absolute Gasteiger partial charge is 0.478 e. The summed E-state index contributed by atoms with van der Waals surface area (Å²) in [6.07, 6.45) is 1.54. The van der Waals surface area contributed by atoms with E-state index in [1.165, 1.54) is 0 Å². The molecule has 1 aromatic heterocycles. The molecule has 0 atom stereocenters. The van der Waals surface area contributed by atoms with Gasteiger partial charge < -0.3 is 24.4 Å². The number of fused-ring (bicyclic) bond motifs is 1. The molecule has 10 heteroatoms. The van der Waals surface area contributed by atoms with Crippen molar-refractivity contribution in [2.45, 2.75) is 58.8 Å². The van der Waals surface area contributed by atoms with Crippen molar-refractivity contribution in [1.29, 1.82) is 0 Å². The fraction of sp³-hybridized carbons (Fsp3) is 0.609. The van der Waals surface area contributed by atoms with E-state index in [9.17, 15) is 14.7 Å². The highest BCUT2D eigenvalue weighted by atomic mass is 28.3. The van der Waals surface area contributed by atoms with E-state index in [0.29, 0.717) is 38.3 Å². The molecule has 1 aliphatic heterocycles. The number of ether oxygens (including phenoxy) is 2. The molecular formula is C23H36N4O5Si. The summed E-state index contributed by atoms with van der Waals surface area (Å²) in [4.78, 5) is 28.0. The molecular weight excluding hydrogens is 440 g/mol. The molecule has 1 aliphatic rings. The van der Waals surface area contributed by atoms with Gasteiger partial charge in [-0.15, -0.1) is 0 Å². The van der Waals surface area contributed by atoms with Crippen LogP contribution in [0.15, 0.2) is 18.3 Å². The molecule has 2 heterocycles. The minimum atomic E-state index is -1.19. The third-order valence-corrected chi connectivity index (χ3v) is 7.13. The van der Waals surface area contributed by atoms with E-state index in [0.717, 1.165) is 17.1 Å². The van der Waals surface area contributed by atoms with E-state index in [-0.39, 0.29) is 18.4 Å². The number of rotatable bonds is 7. The van der Waals surface area contributed by atoms with Crippen LogP contribution in [0, 0.1) is 0 Å². The molecule has 0 bridgehead atoms. The maximum atomic E-state index is 12.4. The topological polar surface area (TPSA) is 97.1 Å². The Kier molecular flexibility index (Phi) is 7.38. The molecule has 182 valence electrons. The lowest BCUT2D eigenvalue weighted by Crippen LogP contribution is -2.50. The molecule has 1 N–H and O–H groups in total. The van der Waals surface area contributed by atoms with Crippen molar-refractivity contribution in [3.8, 4) is 0 Å². The Morgan fingerprint density at radius 3 is 2.36 bits per heavy atom. The zero-order valence-corrected chi connectivity index (χ0v) is 21.6. The monoisotopic (exact) mass is 476 g/mol. The summed E-state index contributed by atoms with van der Waals surface area (Å²) in [5.41, 5.74) is 0.997. The molecule has 0 radical (unpaired) electrons. The molecule has 0 unspecified atom stereocenters. The quantitative estimate of drug-likeness (QED) is 0.474. The number of aromatic carboxylic acids is 1. The number of aromatic nitrogens is 2. The van der Waals surface area contributed by atoms with Crippen LogP contribution in [0.25, 0.3) is 10.9 Å². The van der Waals surface area contributed by atoms with Gasteiger partial charge in [0.25, 0.3) is 0 Å². The highest BCUT2D eigenvalue weighted by molar-refractivity contribution is 6.76. The lowest BCUT2D eigenvalue weighted by molar-refractivity contribution is 0.0240. The number of hydrogen-bond donors (Lipinski definition) is 1. The van der Waals surface area contributed by atoms with Crippen molar-refractivity contribution in [3.05, 3.63) is 23.9 Å².